The minimum atomic E-state index is 0.150. The number of rotatable bonds is 8. The standard InChI is InChI=1S/C15H26N2O2/c1-15(2,10-16)11-17-8-7-12-5-6-13(18-3)14(9-12)19-4/h5-6,9,17H,7-8,10-11,16H2,1-4H3. The van der Waals surface area contributed by atoms with E-state index in [0.717, 1.165) is 31.0 Å². The molecular formula is C15H26N2O2. The van der Waals surface area contributed by atoms with Crippen molar-refractivity contribution in [2.24, 2.45) is 11.1 Å². The third-order valence-electron chi connectivity index (χ3n) is 3.19. The molecule has 19 heavy (non-hydrogen) atoms. The van der Waals surface area contributed by atoms with Crippen LogP contribution in [0.25, 0.3) is 0 Å². The molecule has 0 aromatic heterocycles. The van der Waals surface area contributed by atoms with E-state index >= 15 is 0 Å². The first-order valence-electron chi connectivity index (χ1n) is 6.64. The summed E-state index contributed by atoms with van der Waals surface area (Å²) in [5.41, 5.74) is 7.08. The molecule has 108 valence electrons. The molecule has 0 fully saturated rings. The van der Waals surface area contributed by atoms with E-state index in [1.165, 1.54) is 5.56 Å². The van der Waals surface area contributed by atoms with Crippen molar-refractivity contribution in [1.82, 2.24) is 5.32 Å². The van der Waals surface area contributed by atoms with Crippen molar-refractivity contribution in [1.29, 1.82) is 0 Å². The molecule has 0 aliphatic heterocycles. The monoisotopic (exact) mass is 266 g/mol. The van der Waals surface area contributed by atoms with Crippen molar-refractivity contribution in [3.8, 4) is 11.5 Å². The highest BCUT2D eigenvalue weighted by atomic mass is 16.5. The van der Waals surface area contributed by atoms with Gasteiger partial charge < -0.3 is 20.5 Å². The summed E-state index contributed by atoms with van der Waals surface area (Å²) in [5, 5.41) is 3.44. The van der Waals surface area contributed by atoms with Gasteiger partial charge in [0, 0.05) is 6.54 Å². The molecule has 4 nitrogen and oxygen atoms in total. The van der Waals surface area contributed by atoms with Crippen molar-refractivity contribution in [2.45, 2.75) is 20.3 Å². The Morgan fingerprint density at radius 2 is 1.84 bits per heavy atom. The number of nitrogens with two attached hydrogens (primary N) is 1. The maximum Gasteiger partial charge on any atom is 0.160 e. The van der Waals surface area contributed by atoms with E-state index in [1.54, 1.807) is 14.2 Å². The first kappa shape index (κ1) is 15.8. The second kappa shape index (κ2) is 7.36. The Labute approximate surface area is 116 Å². The van der Waals surface area contributed by atoms with Crippen molar-refractivity contribution >= 4 is 0 Å². The van der Waals surface area contributed by atoms with E-state index in [-0.39, 0.29) is 5.41 Å². The fraction of sp³-hybridized carbons (Fsp3) is 0.600. The van der Waals surface area contributed by atoms with Gasteiger partial charge in [0.2, 0.25) is 0 Å². The van der Waals surface area contributed by atoms with Crippen molar-refractivity contribution < 1.29 is 9.47 Å². The lowest BCUT2D eigenvalue weighted by Crippen LogP contribution is -2.36. The zero-order valence-electron chi connectivity index (χ0n) is 12.5. The zero-order chi connectivity index (χ0) is 14.3. The predicted molar refractivity (Wildman–Crippen MR) is 79.0 cm³/mol. The van der Waals surface area contributed by atoms with E-state index in [1.807, 2.05) is 12.1 Å². The summed E-state index contributed by atoms with van der Waals surface area (Å²) in [6.45, 7) is 6.87. The summed E-state index contributed by atoms with van der Waals surface area (Å²) in [4.78, 5) is 0. The van der Waals surface area contributed by atoms with Gasteiger partial charge in [-0.3, -0.25) is 0 Å². The molecule has 0 saturated heterocycles. The summed E-state index contributed by atoms with van der Waals surface area (Å²) in [5.74, 6) is 1.55. The van der Waals surface area contributed by atoms with Gasteiger partial charge in [-0.25, -0.2) is 0 Å². The zero-order valence-corrected chi connectivity index (χ0v) is 12.5. The highest BCUT2D eigenvalue weighted by Crippen LogP contribution is 2.27. The topological polar surface area (TPSA) is 56.5 Å². The van der Waals surface area contributed by atoms with E-state index in [2.05, 4.69) is 25.2 Å². The van der Waals surface area contributed by atoms with Crippen molar-refractivity contribution in [3.05, 3.63) is 23.8 Å². The van der Waals surface area contributed by atoms with Gasteiger partial charge in [-0.05, 0) is 42.6 Å². The lowest BCUT2D eigenvalue weighted by atomic mass is 9.94. The van der Waals surface area contributed by atoms with Gasteiger partial charge >= 0.3 is 0 Å². The predicted octanol–water partition coefficient (Wildman–Crippen LogP) is 1.82. The summed E-state index contributed by atoms with van der Waals surface area (Å²) in [6, 6.07) is 6.03. The Morgan fingerprint density at radius 1 is 1.16 bits per heavy atom. The Morgan fingerprint density at radius 3 is 2.42 bits per heavy atom. The van der Waals surface area contributed by atoms with Crippen LogP contribution >= 0.6 is 0 Å². The molecule has 0 atom stereocenters. The average Bonchev–Trinajstić information content (AvgIpc) is 2.43. The van der Waals surface area contributed by atoms with E-state index in [9.17, 15) is 0 Å². The molecule has 0 saturated carbocycles. The van der Waals surface area contributed by atoms with Gasteiger partial charge in [-0.15, -0.1) is 0 Å². The van der Waals surface area contributed by atoms with Crippen molar-refractivity contribution in [3.63, 3.8) is 0 Å². The molecule has 0 aliphatic rings. The molecule has 0 radical (unpaired) electrons. The van der Waals surface area contributed by atoms with Gasteiger partial charge in [0.1, 0.15) is 0 Å². The minimum Gasteiger partial charge on any atom is -0.493 e. The lowest BCUT2D eigenvalue weighted by molar-refractivity contribution is 0.351. The summed E-state index contributed by atoms with van der Waals surface area (Å²) >= 11 is 0. The molecule has 4 heteroatoms. The van der Waals surface area contributed by atoms with Crippen LogP contribution < -0.4 is 20.5 Å². The average molecular weight is 266 g/mol. The quantitative estimate of drug-likeness (QED) is 0.705. The first-order valence-corrected chi connectivity index (χ1v) is 6.64. The maximum atomic E-state index is 5.70. The van der Waals surface area contributed by atoms with Gasteiger partial charge in [-0.2, -0.15) is 0 Å². The molecule has 1 aromatic carbocycles. The van der Waals surface area contributed by atoms with Gasteiger partial charge in [0.15, 0.2) is 11.5 Å². The molecule has 3 N–H and O–H groups in total. The fourth-order valence-corrected chi connectivity index (χ4v) is 1.77. The van der Waals surface area contributed by atoms with Gasteiger partial charge in [0.25, 0.3) is 0 Å². The smallest absolute Gasteiger partial charge is 0.160 e. The molecular weight excluding hydrogens is 240 g/mol. The molecule has 0 amide bonds. The van der Waals surface area contributed by atoms with Crippen LogP contribution in [0.1, 0.15) is 19.4 Å². The molecule has 0 aliphatic carbocycles. The lowest BCUT2D eigenvalue weighted by Gasteiger charge is -2.22. The number of benzene rings is 1. The van der Waals surface area contributed by atoms with Crippen LogP contribution in [0.4, 0.5) is 0 Å². The van der Waals surface area contributed by atoms with Crippen LogP contribution in [-0.2, 0) is 6.42 Å². The number of hydrogen-bond acceptors (Lipinski definition) is 4. The minimum absolute atomic E-state index is 0.150. The number of hydrogen-bond donors (Lipinski definition) is 2. The molecule has 1 aromatic rings. The molecule has 0 spiro atoms. The summed E-state index contributed by atoms with van der Waals surface area (Å²) in [7, 11) is 3.30. The summed E-state index contributed by atoms with van der Waals surface area (Å²) < 4.78 is 10.5. The van der Waals surface area contributed by atoms with E-state index in [4.69, 9.17) is 15.2 Å². The summed E-state index contributed by atoms with van der Waals surface area (Å²) in [6.07, 6.45) is 0.959. The molecule has 0 unspecified atom stereocenters. The Hall–Kier alpha value is -1.26. The number of nitrogens with one attached hydrogen (secondary N) is 1. The number of ether oxygens (including phenoxy) is 2. The largest absolute Gasteiger partial charge is 0.493 e. The first-order chi connectivity index (χ1) is 9.02. The Kier molecular flexibility index (Phi) is 6.12. The second-order valence-electron chi connectivity index (χ2n) is 5.48. The fourth-order valence-electron chi connectivity index (χ4n) is 1.77. The molecule has 0 bridgehead atoms. The normalized spacial score (nSPS) is 11.4. The SMILES string of the molecule is COc1ccc(CCNCC(C)(C)CN)cc1OC. The third-order valence-corrected chi connectivity index (χ3v) is 3.19. The highest BCUT2D eigenvalue weighted by Gasteiger charge is 2.14. The van der Waals surface area contributed by atoms with Crippen LogP contribution in [-0.4, -0.2) is 33.9 Å². The van der Waals surface area contributed by atoms with Crippen LogP contribution in [0.5, 0.6) is 11.5 Å². The Bertz CT molecular complexity index is 392. The van der Waals surface area contributed by atoms with Crippen LogP contribution in [0.2, 0.25) is 0 Å². The van der Waals surface area contributed by atoms with Gasteiger partial charge in [-0.1, -0.05) is 19.9 Å². The molecule has 1 rings (SSSR count). The van der Waals surface area contributed by atoms with Gasteiger partial charge in [0.05, 0.1) is 14.2 Å². The number of methoxy groups -OCH3 is 2. The second-order valence-corrected chi connectivity index (χ2v) is 5.48. The van der Waals surface area contributed by atoms with Crippen LogP contribution in [0.15, 0.2) is 18.2 Å². The Balaban J connectivity index is 2.46. The van der Waals surface area contributed by atoms with Crippen molar-refractivity contribution in [2.75, 3.05) is 33.9 Å². The van der Waals surface area contributed by atoms with Crippen LogP contribution in [0, 0.1) is 5.41 Å². The molecule has 0 heterocycles. The maximum absolute atomic E-state index is 5.70. The third kappa shape index (κ3) is 5.09. The van der Waals surface area contributed by atoms with Crippen LogP contribution in [0.3, 0.4) is 0 Å². The van der Waals surface area contributed by atoms with E-state index < -0.39 is 0 Å². The van der Waals surface area contributed by atoms with E-state index in [0.29, 0.717) is 6.54 Å². The highest BCUT2D eigenvalue weighted by molar-refractivity contribution is 5.42.